The van der Waals surface area contributed by atoms with Gasteiger partial charge in [-0.15, -0.1) is 21.5 Å². The zero-order valence-electron chi connectivity index (χ0n) is 14.0. The first-order chi connectivity index (χ1) is 13.3. The van der Waals surface area contributed by atoms with E-state index in [2.05, 4.69) is 20.4 Å². The molecule has 2 aromatic heterocycles. The first kappa shape index (κ1) is 16.2. The molecule has 0 fully saturated rings. The van der Waals surface area contributed by atoms with Crippen LogP contribution in [0.2, 0.25) is 0 Å². The zero-order chi connectivity index (χ0) is 18.2. The number of ether oxygens (including phenoxy) is 2. The van der Waals surface area contributed by atoms with Crippen LogP contribution < -0.4 is 9.47 Å². The van der Waals surface area contributed by atoms with E-state index in [4.69, 9.17) is 16.0 Å². The number of rotatable bonds is 4. The Kier molecular flexibility index (Phi) is 3.96. The van der Waals surface area contributed by atoms with Gasteiger partial charge < -0.3 is 9.47 Å². The summed E-state index contributed by atoms with van der Waals surface area (Å²) in [4.78, 5) is 4.36. The fraction of sp³-hybridized carbons (Fsp3) is 0.105. The van der Waals surface area contributed by atoms with E-state index < -0.39 is 0 Å². The topological polar surface area (TPSA) is 53.0 Å². The molecule has 1 aliphatic rings. The quantitative estimate of drug-likeness (QED) is 0.360. The van der Waals surface area contributed by atoms with Gasteiger partial charge in [0.15, 0.2) is 22.3 Å². The smallest absolute Gasteiger partial charge is 0.231 e. The summed E-state index contributed by atoms with van der Waals surface area (Å²) in [6, 6.07) is 13.6. The fourth-order valence-electron chi connectivity index (χ4n) is 2.90. The molecule has 8 heteroatoms. The molecule has 0 saturated heterocycles. The minimum absolute atomic E-state index is 0.276. The summed E-state index contributed by atoms with van der Waals surface area (Å²) in [5.74, 6) is 2.31. The van der Waals surface area contributed by atoms with Crippen molar-refractivity contribution in [1.82, 2.24) is 14.6 Å². The van der Waals surface area contributed by atoms with Crippen molar-refractivity contribution < 1.29 is 9.47 Å². The Labute approximate surface area is 163 Å². The molecular formula is C19H12N4O2S2. The molecule has 5 rings (SSSR count). The van der Waals surface area contributed by atoms with Crippen LogP contribution in [0.25, 0.3) is 21.1 Å². The summed E-state index contributed by atoms with van der Waals surface area (Å²) in [5, 5.41) is 11.5. The summed E-state index contributed by atoms with van der Waals surface area (Å²) >= 11 is 3.16. The number of fused-ring (bicyclic) bond motifs is 2. The van der Waals surface area contributed by atoms with Gasteiger partial charge in [-0.25, -0.2) is 4.85 Å². The van der Waals surface area contributed by atoms with Crippen LogP contribution in [0.1, 0.15) is 5.56 Å². The second-order valence-electron chi connectivity index (χ2n) is 5.86. The first-order valence-electron chi connectivity index (χ1n) is 8.14. The predicted octanol–water partition coefficient (Wildman–Crippen LogP) is 5.03. The summed E-state index contributed by atoms with van der Waals surface area (Å²) in [6.45, 7) is 7.50. The maximum absolute atomic E-state index is 7.23. The average Bonchev–Trinajstić information content (AvgIpc) is 3.42. The fourth-order valence-corrected chi connectivity index (χ4v) is 4.69. The third-order valence-electron chi connectivity index (χ3n) is 4.20. The molecule has 0 radical (unpaired) electrons. The van der Waals surface area contributed by atoms with Crippen LogP contribution in [0.3, 0.4) is 0 Å². The summed E-state index contributed by atoms with van der Waals surface area (Å²) < 4.78 is 12.9. The third kappa shape index (κ3) is 2.91. The molecule has 0 atom stereocenters. The van der Waals surface area contributed by atoms with E-state index in [-0.39, 0.29) is 6.79 Å². The molecule has 6 nitrogen and oxygen atoms in total. The van der Waals surface area contributed by atoms with Crippen LogP contribution in [0.4, 0.5) is 5.69 Å². The summed E-state index contributed by atoms with van der Waals surface area (Å²) in [7, 11) is 0. The van der Waals surface area contributed by atoms with Crippen LogP contribution >= 0.6 is 23.1 Å². The molecule has 0 N–H and O–H groups in total. The monoisotopic (exact) mass is 392 g/mol. The van der Waals surface area contributed by atoms with Crippen molar-refractivity contribution in [1.29, 1.82) is 0 Å². The van der Waals surface area contributed by atoms with Gasteiger partial charge in [0.05, 0.1) is 12.3 Å². The number of thiazole rings is 1. The maximum Gasteiger partial charge on any atom is 0.231 e. The zero-order valence-corrected chi connectivity index (χ0v) is 15.6. The molecule has 0 unspecified atom stereocenters. The van der Waals surface area contributed by atoms with Crippen LogP contribution in [-0.2, 0) is 5.75 Å². The lowest BCUT2D eigenvalue weighted by Gasteiger charge is -2.05. The number of aromatic nitrogens is 3. The van der Waals surface area contributed by atoms with E-state index in [1.807, 2.05) is 46.9 Å². The van der Waals surface area contributed by atoms with Crippen LogP contribution in [-0.4, -0.2) is 21.4 Å². The molecule has 0 bridgehead atoms. The van der Waals surface area contributed by atoms with Crippen molar-refractivity contribution >= 4 is 33.7 Å². The highest BCUT2D eigenvalue weighted by atomic mass is 32.2. The Bertz CT molecular complexity index is 1190. The third-order valence-corrected chi connectivity index (χ3v) is 6.01. The van der Waals surface area contributed by atoms with Gasteiger partial charge in [-0.3, -0.25) is 4.40 Å². The van der Waals surface area contributed by atoms with Gasteiger partial charge >= 0.3 is 0 Å². The SMILES string of the molecule is [C-]#[N+]c1cccc(-c2csc3nnc(SCc4ccc5c(c4)OCO5)n23)c1. The van der Waals surface area contributed by atoms with Gasteiger partial charge in [0.1, 0.15) is 0 Å². The highest BCUT2D eigenvalue weighted by Gasteiger charge is 2.16. The molecule has 4 aromatic rings. The van der Waals surface area contributed by atoms with E-state index >= 15 is 0 Å². The van der Waals surface area contributed by atoms with Crippen molar-refractivity contribution in [3.63, 3.8) is 0 Å². The molecule has 0 saturated carbocycles. The number of benzene rings is 2. The lowest BCUT2D eigenvalue weighted by atomic mass is 10.1. The van der Waals surface area contributed by atoms with Crippen molar-refractivity contribution in [3.8, 4) is 22.8 Å². The predicted molar refractivity (Wildman–Crippen MR) is 105 cm³/mol. The van der Waals surface area contributed by atoms with Gasteiger partial charge in [0.25, 0.3) is 0 Å². The van der Waals surface area contributed by atoms with Gasteiger partial charge in [0.2, 0.25) is 11.8 Å². The number of hydrogen-bond donors (Lipinski definition) is 0. The molecule has 27 heavy (non-hydrogen) atoms. The summed E-state index contributed by atoms with van der Waals surface area (Å²) in [5.41, 5.74) is 3.74. The largest absolute Gasteiger partial charge is 0.454 e. The highest BCUT2D eigenvalue weighted by Crippen LogP contribution is 2.36. The molecule has 0 amide bonds. The van der Waals surface area contributed by atoms with Crippen molar-refractivity contribution in [3.05, 3.63) is 64.8 Å². The first-order valence-corrected chi connectivity index (χ1v) is 10.0. The van der Waals surface area contributed by atoms with E-state index in [1.54, 1.807) is 23.1 Å². The lowest BCUT2D eigenvalue weighted by Crippen LogP contribution is -1.93. The number of thioether (sulfide) groups is 1. The molecule has 1 aliphatic heterocycles. The van der Waals surface area contributed by atoms with E-state index in [0.29, 0.717) is 5.69 Å². The Morgan fingerprint density at radius 1 is 1.15 bits per heavy atom. The van der Waals surface area contributed by atoms with E-state index in [9.17, 15) is 0 Å². The number of nitrogens with zero attached hydrogens (tertiary/aromatic N) is 4. The summed E-state index contributed by atoms with van der Waals surface area (Å²) in [6.07, 6.45) is 0. The Morgan fingerprint density at radius 3 is 3.00 bits per heavy atom. The van der Waals surface area contributed by atoms with Crippen molar-refractivity contribution in [2.24, 2.45) is 0 Å². The normalized spacial score (nSPS) is 12.4. The minimum Gasteiger partial charge on any atom is -0.454 e. The molecule has 0 aliphatic carbocycles. The number of hydrogen-bond acceptors (Lipinski definition) is 6. The Balaban J connectivity index is 1.46. The molecule has 3 heterocycles. The van der Waals surface area contributed by atoms with Gasteiger partial charge in [-0.1, -0.05) is 36.0 Å². The molecule has 132 valence electrons. The lowest BCUT2D eigenvalue weighted by molar-refractivity contribution is 0.174. The second-order valence-corrected chi connectivity index (χ2v) is 7.64. The van der Waals surface area contributed by atoms with Crippen LogP contribution in [0, 0.1) is 6.57 Å². The average molecular weight is 392 g/mol. The van der Waals surface area contributed by atoms with Crippen LogP contribution in [0.15, 0.2) is 53.0 Å². The van der Waals surface area contributed by atoms with Crippen molar-refractivity contribution in [2.75, 3.05) is 6.79 Å². The molecule has 0 spiro atoms. The van der Waals surface area contributed by atoms with Gasteiger partial charge in [-0.05, 0) is 29.3 Å². The maximum atomic E-state index is 7.23. The second kappa shape index (κ2) is 6.61. The minimum atomic E-state index is 0.276. The van der Waals surface area contributed by atoms with Gasteiger partial charge in [0, 0.05) is 11.1 Å². The Hall–Kier alpha value is -3.02. The molecular weight excluding hydrogens is 380 g/mol. The van der Waals surface area contributed by atoms with Crippen LogP contribution in [0.5, 0.6) is 11.5 Å². The van der Waals surface area contributed by atoms with E-state index in [0.717, 1.165) is 44.2 Å². The van der Waals surface area contributed by atoms with Gasteiger partial charge in [-0.2, -0.15) is 0 Å². The standard InChI is InChI=1S/C19H12N4O2S2/c1-20-14-4-2-3-13(8-14)15-10-27-19-22-21-18(23(15)19)26-9-12-5-6-16-17(7-12)25-11-24-16/h2-8,10H,9,11H2. The highest BCUT2D eigenvalue weighted by molar-refractivity contribution is 7.98. The Morgan fingerprint density at radius 2 is 2.07 bits per heavy atom. The van der Waals surface area contributed by atoms with E-state index in [1.165, 1.54) is 0 Å². The van der Waals surface area contributed by atoms with Crippen molar-refractivity contribution in [2.45, 2.75) is 10.9 Å². The molecule has 2 aromatic carbocycles.